The molecule has 5 heteroatoms. The van der Waals surface area contributed by atoms with Crippen LogP contribution in [-0.4, -0.2) is 42.0 Å². The highest BCUT2D eigenvalue weighted by Crippen LogP contribution is 2.46. The number of anilines is 1. The zero-order valence-corrected chi connectivity index (χ0v) is 16.3. The molecule has 1 unspecified atom stereocenters. The SMILES string of the molecule is CCN1CC2(CCN(c3cccc(C#N)n3)CC2)CC(c2ccccc2)C1=O. The lowest BCUT2D eigenvalue weighted by Gasteiger charge is -2.50. The largest absolute Gasteiger partial charge is 0.357 e. The monoisotopic (exact) mass is 374 g/mol. The number of likely N-dealkylation sites (N-methyl/N-ethyl adjacent to an activating group) is 1. The maximum Gasteiger partial charge on any atom is 0.230 e. The second kappa shape index (κ2) is 7.63. The predicted molar refractivity (Wildman–Crippen MR) is 109 cm³/mol. The van der Waals surface area contributed by atoms with Crippen molar-refractivity contribution in [2.75, 3.05) is 31.1 Å². The lowest BCUT2D eigenvalue weighted by Crippen LogP contribution is -2.54. The van der Waals surface area contributed by atoms with Gasteiger partial charge in [-0.15, -0.1) is 0 Å². The van der Waals surface area contributed by atoms with Gasteiger partial charge in [0.1, 0.15) is 17.6 Å². The number of nitriles is 1. The van der Waals surface area contributed by atoms with E-state index in [1.54, 1.807) is 6.07 Å². The third-order valence-corrected chi connectivity index (χ3v) is 6.35. The molecule has 1 atom stereocenters. The van der Waals surface area contributed by atoms with E-state index in [1.807, 2.05) is 35.2 Å². The van der Waals surface area contributed by atoms with E-state index in [1.165, 1.54) is 0 Å². The van der Waals surface area contributed by atoms with Gasteiger partial charge in [-0.1, -0.05) is 36.4 Å². The van der Waals surface area contributed by atoms with Crippen LogP contribution >= 0.6 is 0 Å². The number of amides is 1. The van der Waals surface area contributed by atoms with Crippen molar-refractivity contribution in [3.05, 3.63) is 59.8 Å². The average Bonchev–Trinajstić information content (AvgIpc) is 2.76. The lowest BCUT2D eigenvalue weighted by atomic mass is 9.67. The van der Waals surface area contributed by atoms with Crippen molar-refractivity contribution < 1.29 is 4.79 Å². The Kier molecular flexibility index (Phi) is 5.04. The molecule has 2 aliphatic rings. The van der Waals surface area contributed by atoms with Crippen LogP contribution in [0.25, 0.3) is 0 Å². The molecule has 1 amide bonds. The summed E-state index contributed by atoms with van der Waals surface area (Å²) in [6, 6.07) is 18.0. The minimum Gasteiger partial charge on any atom is -0.357 e. The zero-order chi connectivity index (χ0) is 19.6. The third kappa shape index (κ3) is 3.47. The number of hydrogen-bond donors (Lipinski definition) is 0. The number of nitrogens with zero attached hydrogens (tertiary/aromatic N) is 4. The quantitative estimate of drug-likeness (QED) is 0.824. The van der Waals surface area contributed by atoms with Gasteiger partial charge in [0.05, 0.1) is 5.92 Å². The first-order valence-corrected chi connectivity index (χ1v) is 10.1. The topological polar surface area (TPSA) is 60.2 Å². The van der Waals surface area contributed by atoms with Gasteiger partial charge in [0.2, 0.25) is 5.91 Å². The summed E-state index contributed by atoms with van der Waals surface area (Å²) in [4.78, 5) is 21.8. The van der Waals surface area contributed by atoms with Crippen molar-refractivity contribution in [2.24, 2.45) is 5.41 Å². The molecule has 3 heterocycles. The average molecular weight is 374 g/mol. The number of likely N-dealkylation sites (tertiary alicyclic amines) is 1. The van der Waals surface area contributed by atoms with Crippen LogP contribution in [0.2, 0.25) is 0 Å². The molecule has 0 aliphatic carbocycles. The Morgan fingerprint density at radius 1 is 1.14 bits per heavy atom. The van der Waals surface area contributed by atoms with Gasteiger partial charge in [-0.05, 0) is 49.3 Å². The molecule has 2 fully saturated rings. The van der Waals surface area contributed by atoms with E-state index in [0.717, 1.165) is 56.8 Å². The molecule has 1 aromatic heterocycles. The zero-order valence-electron chi connectivity index (χ0n) is 16.3. The summed E-state index contributed by atoms with van der Waals surface area (Å²) in [5.41, 5.74) is 1.76. The van der Waals surface area contributed by atoms with E-state index >= 15 is 0 Å². The van der Waals surface area contributed by atoms with Crippen LogP contribution in [0.1, 0.15) is 43.4 Å². The summed E-state index contributed by atoms with van der Waals surface area (Å²) < 4.78 is 0. The van der Waals surface area contributed by atoms with E-state index in [9.17, 15) is 4.79 Å². The molecule has 0 radical (unpaired) electrons. The molecule has 5 nitrogen and oxygen atoms in total. The van der Waals surface area contributed by atoms with Crippen molar-refractivity contribution >= 4 is 11.7 Å². The van der Waals surface area contributed by atoms with Gasteiger partial charge >= 0.3 is 0 Å². The highest BCUT2D eigenvalue weighted by Gasteiger charge is 2.45. The minimum atomic E-state index is -0.0403. The van der Waals surface area contributed by atoms with Crippen LogP contribution in [0.4, 0.5) is 5.82 Å². The number of aromatic nitrogens is 1. The third-order valence-electron chi connectivity index (χ3n) is 6.35. The number of hydrogen-bond acceptors (Lipinski definition) is 4. The number of carbonyl (C=O) groups is 1. The smallest absolute Gasteiger partial charge is 0.230 e. The van der Waals surface area contributed by atoms with Crippen LogP contribution in [0.15, 0.2) is 48.5 Å². The van der Waals surface area contributed by atoms with Gasteiger partial charge in [-0.25, -0.2) is 4.98 Å². The molecule has 0 N–H and O–H groups in total. The maximum atomic E-state index is 13.0. The van der Waals surface area contributed by atoms with Crippen LogP contribution in [-0.2, 0) is 4.79 Å². The van der Waals surface area contributed by atoms with Crippen molar-refractivity contribution in [2.45, 2.75) is 32.1 Å². The first-order chi connectivity index (χ1) is 13.6. The lowest BCUT2D eigenvalue weighted by molar-refractivity contribution is -0.140. The molecule has 4 rings (SSSR count). The van der Waals surface area contributed by atoms with E-state index in [0.29, 0.717) is 5.69 Å². The van der Waals surface area contributed by atoms with E-state index in [-0.39, 0.29) is 17.2 Å². The van der Waals surface area contributed by atoms with Gasteiger partial charge in [-0.3, -0.25) is 4.79 Å². The van der Waals surface area contributed by atoms with Crippen molar-refractivity contribution in [3.63, 3.8) is 0 Å². The molecular weight excluding hydrogens is 348 g/mol. The van der Waals surface area contributed by atoms with E-state index in [2.05, 4.69) is 35.0 Å². The Balaban J connectivity index is 1.53. The molecule has 2 aromatic rings. The van der Waals surface area contributed by atoms with Gasteiger partial charge in [0.25, 0.3) is 0 Å². The molecular formula is C23H26N4O. The van der Waals surface area contributed by atoms with Gasteiger partial charge in [0, 0.05) is 26.2 Å². The number of benzene rings is 1. The second-order valence-electron chi connectivity index (χ2n) is 8.00. The fourth-order valence-electron chi connectivity index (χ4n) is 4.74. The van der Waals surface area contributed by atoms with Gasteiger partial charge < -0.3 is 9.80 Å². The fourth-order valence-corrected chi connectivity index (χ4v) is 4.74. The Hall–Kier alpha value is -2.87. The summed E-state index contributed by atoms with van der Waals surface area (Å²) in [7, 11) is 0. The van der Waals surface area contributed by atoms with Crippen molar-refractivity contribution in [3.8, 4) is 6.07 Å². The molecule has 144 valence electrons. The Bertz CT molecular complexity index is 881. The molecule has 28 heavy (non-hydrogen) atoms. The number of carbonyl (C=O) groups excluding carboxylic acids is 1. The first-order valence-electron chi connectivity index (χ1n) is 10.1. The Morgan fingerprint density at radius 3 is 2.57 bits per heavy atom. The second-order valence-corrected chi connectivity index (χ2v) is 8.00. The summed E-state index contributed by atoms with van der Waals surface area (Å²) in [5, 5.41) is 9.11. The number of piperidine rings is 2. The molecule has 1 aromatic carbocycles. The molecule has 0 saturated carbocycles. The van der Waals surface area contributed by atoms with Crippen LogP contribution < -0.4 is 4.90 Å². The molecule has 0 bridgehead atoms. The molecule has 2 aliphatic heterocycles. The number of pyridine rings is 1. The van der Waals surface area contributed by atoms with Gasteiger partial charge in [0.15, 0.2) is 0 Å². The van der Waals surface area contributed by atoms with Crippen molar-refractivity contribution in [1.82, 2.24) is 9.88 Å². The summed E-state index contributed by atoms with van der Waals surface area (Å²) in [6.07, 6.45) is 3.00. The van der Waals surface area contributed by atoms with Crippen LogP contribution in [0.5, 0.6) is 0 Å². The highest BCUT2D eigenvalue weighted by atomic mass is 16.2. The number of rotatable bonds is 3. The standard InChI is InChI=1S/C23H26N4O/c1-2-26-17-23(15-20(22(26)28)18-7-4-3-5-8-18)11-13-27(14-12-23)21-10-6-9-19(16-24)25-21/h3-10,20H,2,11-15,17H2,1H3. The Labute approximate surface area is 166 Å². The first kappa shape index (κ1) is 18.5. The van der Waals surface area contributed by atoms with E-state index < -0.39 is 0 Å². The normalized spacial score (nSPS) is 21.6. The van der Waals surface area contributed by atoms with Crippen molar-refractivity contribution in [1.29, 1.82) is 5.26 Å². The predicted octanol–water partition coefficient (Wildman–Crippen LogP) is 3.58. The summed E-state index contributed by atoms with van der Waals surface area (Å²) in [6.45, 7) is 5.51. The summed E-state index contributed by atoms with van der Waals surface area (Å²) >= 11 is 0. The minimum absolute atomic E-state index is 0.0403. The molecule has 2 saturated heterocycles. The van der Waals surface area contributed by atoms with E-state index in [4.69, 9.17) is 5.26 Å². The fraction of sp³-hybridized carbons (Fsp3) is 0.435. The maximum absolute atomic E-state index is 13.0. The Morgan fingerprint density at radius 2 is 1.89 bits per heavy atom. The van der Waals surface area contributed by atoms with Crippen LogP contribution in [0.3, 0.4) is 0 Å². The summed E-state index contributed by atoms with van der Waals surface area (Å²) in [5.74, 6) is 1.11. The van der Waals surface area contributed by atoms with Gasteiger partial charge in [-0.2, -0.15) is 5.26 Å². The molecule has 1 spiro atoms. The van der Waals surface area contributed by atoms with Crippen LogP contribution in [0, 0.1) is 16.7 Å². The highest BCUT2D eigenvalue weighted by molar-refractivity contribution is 5.84.